The van der Waals surface area contributed by atoms with Crippen LogP contribution in [0.4, 0.5) is 0 Å². The Balaban J connectivity index is 1.93. The second-order valence-corrected chi connectivity index (χ2v) is 10.3. The monoisotopic (exact) mass is 402 g/mol. The number of carbonyl (C=O) groups is 1. The van der Waals surface area contributed by atoms with E-state index in [2.05, 4.69) is 79.4 Å². The molecule has 0 aliphatic rings. The van der Waals surface area contributed by atoms with Crippen LogP contribution in [0.25, 0.3) is 0 Å². The van der Waals surface area contributed by atoms with Crippen molar-refractivity contribution in [2.24, 2.45) is 0 Å². The van der Waals surface area contributed by atoms with Gasteiger partial charge in [0.05, 0.1) is 6.61 Å². The third-order valence-electron chi connectivity index (χ3n) is 4.73. The Bertz CT molecular complexity index is 827. The summed E-state index contributed by atoms with van der Waals surface area (Å²) in [5.41, 5.74) is 0.410. The average Bonchev–Trinajstić information content (AvgIpc) is 2.78. The molecule has 0 bridgehead atoms. The van der Waals surface area contributed by atoms with E-state index in [1.165, 1.54) is 15.6 Å². The summed E-state index contributed by atoms with van der Waals surface area (Å²) < 4.78 is 12.0. The van der Waals surface area contributed by atoms with Gasteiger partial charge in [-0.25, -0.2) is 4.79 Å². The van der Waals surface area contributed by atoms with Gasteiger partial charge in [-0.05, 0) is 22.5 Å². The summed E-state index contributed by atoms with van der Waals surface area (Å²) in [5, 5.41) is 3.57. The molecular weight excluding hydrogens is 376 g/mol. The average molecular weight is 403 g/mol. The zero-order valence-electron chi connectivity index (χ0n) is 16.7. The Morgan fingerprint density at radius 3 is 1.55 bits per heavy atom. The van der Waals surface area contributed by atoms with E-state index in [0.717, 1.165) is 0 Å². The molecule has 0 fully saturated rings. The Morgan fingerprint density at radius 2 is 1.17 bits per heavy atom. The molecule has 29 heavy (non-hydrogen) atoms. The molecule has 0 unspecified atom stereocenters. The van der Waals surface area contributed by atoms with Gasteiger partial charge in [0.2, 0.25) is 0 Å². The van der Waals surface area contributed by atoms with Crippen LogP contribution in [0.3, 0.4) is 0 Å². The van der Waals surface area contributed by atoms with Gasteiger partial charge in [0.1, 0.15) is 0 Å². The fraction of sp³-hybridized carbons (Fsp3) is 0.160. The summed E-state index contributed by atoms with van der Waals surface area (Å²) in [6.45, 7) is 6.07. The van der Waals surface area contributed by atoms with Crippen LogP contribution >= 0.6 is 0 Å². The van der Waals surface area contributed by atoms with Gasteiger partial charge in [-0.3, -0.25) is 0 Å². The molecule has 0 saturated heterocycles. The molecule has 0 aliphatic carbocycles. The number of benzene rings is 3. The van der Waals surface area contributed by atoms with Crippen molar-refractivity contribution in [1.29, 1.82) is 0 Å². The molecule has 3 aromatic carbocycles. The van der Waals surface area contributed by atoms with E-state index < -0.39 is 8.32 Å². The van der Waals surface area contributed by atoms with Crippen molar-refractivity contribution < 1.29 is 14.0 Å². The molecule has 0 spiro atoms. The summed E-state index contributed by atoms with van der Waals surface area (Å²) in [6.07, 6.45) is 0.625. The number of hydrogen-bond donors (Lipinski definition) is 0. The zero-order chi connectivity index (χ0) is 20.5. The lowest BCUT2D eigenvalue weighted by molar-refractivity contribution is -0.139. The predicted molar refractivity (Wildman–Crippen MR) is 120 cm³/mol. The first-order valence-electron chi connectivity index (χ1n) is 9.78. The number of carbonyl (C=O) groups excluding carboxylic acids is 1. The van der Waals surface area contributed by atoms with Gasteiger partial charge in [-0.2, -0.15) is 0 Å². The van der Waals surface area contributed by atoms with Crippen molar-refractivity contribution in [2.75, 3.05) is 13.2 Å². The maximum atomic E-state index is 11.6. The van der Waals surface area contributed by atoms with E-state index in [0.29, 0.717) is 25.2 Å². The van der Waals surface area contributed by atoms with E-state index in [-0.39, 0.29) is 5.97 Å². The maximum absolute atomic E-state index is 11.6. The van der Waals surface area contributed by atoms with Crippen molar-refractivity contribution >= 4 is 29.8 Å². The summed E-state index contributed by atoms with van der Waals surface area (Å²) in [5.74, 6) is -0.359. The third kappa shape index (κ3) is 4.91. The number of hydrogen-bond acceptors (Lipinski definition) is 3. The topological polar surface area (TPSA) is 35.5 Å². The largest absolute Gasteiger partial charge is 0.462 e. The molecule has 3 nitrogen and oxygen atoms in total. The number of ether oxygens (including phenoxy) is 1. The smallest absolute Gasteiger partial charge is 0.333 e. The first-order valence-corrected chi connectivity index (χ1v) is 11.7. The highest BCUT2D eigenvalue weighted by Crippen LogP contribution is 2.10. The molecule has 3 rings (SSSR count). The van der Waals surface area contributed by atoms with Gasteiger partial charge in [-0.1, -0.05) is 97.6 Å². The third-order valence-corrected chi connectivity index (χ3v) is 8.81. The normalized spacial score (nSPS) is 11.1. The standard InChI is InChI=1S/C25H26O3Si/c1-21(2)25(26)27-19-12-20-28-29(22-13-6-3-7-14-22,23-15-8-4-9-16-23)24-17-10-5-11-18-24/h3-11,13-18H,1,12,19-20H2,2H3. The van der Waals surface area contributed by atoms with Crippen LogP contribution in [-0.2, 0) is 14.0 Å². The fourth-order valence-corrected chi connectivity index (χ4v) is 7.28. The second-order valence-electron chi connectivity index (χ2n) is 6.90. The van der Waals surface area contributed by atoms with Crippen molar-refractivity contribution in [2.45, 2.75) is 13.3 Å². The van der Waals surface area contributed by atoms with Gasteiger partial charge < -0.3 is 9.16 Å². The lowest BCUT2D eigenvalue weighted by Gasteiger charge is -2.33. The van der Waals surface area contributed by atoms with Gasteiger partial charge in [0.15, 0.2) is 0 Å². The highest BCUT2D eigenvalue weighted by molar-refractivity contribution is 7.07. The molecule has 0 saturated carbocycles. The Morgan fingerprint density at radius 1 is 0.759 bits per heavy atom. The molecule has 0 aromatic heterocycles. The molecule has 0 radical (unpaired) electrons. The lowest BCUT2D eigenvalue weighted by atomic mass is 10.3. The molecule has 0 amide bonds. The van der Waals surface area contributed by atoms with E-state index in [1.807, 2.05) is 18.2 Å². The number of esters is 1. The summed E-state index contributed by atoms with van der Waals surface area (Å²) >= 11 is 0. The molecule has 0 aliphatic heterocycles. The first kappa shape index (κ1) is 20.8. The molecule has 0 atom stereocenters. The highest BCUT2D eigenvalue weighted by atomic mass is 28.4. The minimum atomic E-state index is -2.68. The molecule has 148 valence electrons. The maximum Gasteiger partial charge on any atom is 0.333 e. The van der Waals surface area contributed by atoms with Crippen molar-refractivity contribution in [1.82, 2.24) is 0 Å². The van der Waals surface area contributed by atoms with Crippen molar-refractivity contribution in [3.05, 3.63) is 103 Å². The summed E-state index contributed by atoms with van der Waals surface area (Å²) in [4.78, 5) is 11.6. The SMILES string of the molecule is C=C(C)C(=O)OCCCO[Si](c1ccccc1)(c1ccccc1)c1ccccc1. The molecule has 0 heterocycles. The minimum absolute atomic E-state index is 0.314. The highest BCUT2D eigenvalue weighted by Gasteiger charge is 2.41. The summed E-state index contributed by atoms with van der Waals surface area (Å²) in [7, 11) is -2.68. The Hall–Kier alpha value is -2.95. The lowest BCUT2D eigenvalue weighted by Crippen LogP contribution is -2.69. The quantitative estimate of drug-likeness (QED) is 0.181. The van der Waals surface area contributed by atoms with Crippen LogP contribution in [0.1, 0.15) is 13.3 Å². The van der Waals surface area contributed by atoms with E-state index in [9.17, 15) is 4.79 Å². The van der Waals surface area contributed by atoms with Crippen LogP contribution in [0, 0.1) is 0 Å². The van der Waals surface area contributed by atoms with Crippen LogP contribution in [0.15, 0.2) is 103 Å². The molecule has 3 aromatic rings. The van der Waals surface area contributed by atoms with Crippen LogP contribution in [0.2, 0.25) is 0 Å². The van der Waals surface area contributed by atoms with Gasteiger partial charge >= 0.3 is 5.97 Å². The summed E-state index contributed by atoms with van der Waals surface area (Å²) in [6, 6.07) is 31.3. The molecular formula is C25H26O3Si. The number of rotatable bonds is 9. The molecule has 4 heteroatoms. The zero-order valence-corrected chi connectivity index (χ0v) is 17.7. The van der Waals surface area contributed by atoms with Gasteiger partial charge in [0, 0.05) is 18.6 Å². The van der Waals surface area contributed by atoms with E-state index in [1.54, 1.807) is 6.92 Å². The molecule has 0 N–H and O–H groups in total. The predicted octanol–water partition coefficient (Wildman–Crippen LogP) is 3.18. The second kappa shape index (κ2) is 10.0. The van der Waals surface area contributed by atoms with Crippen LogP contribution in [0.5, 0.6) is 0 Å². The van der Waals surface area contributed by atoms with Crippen molar-refractivity contribution in [3.8, 4) is 0 Å². The van der Waals surface area contributed by atoms with Crippen molar-refractivity contribution in [3.63, 3.8) is 0 Å². The Labute approximate surface area is 173 Å². The fourth-order valence-electron chi connectivity index (χ4n) is 3.34. The van der Waals surface area contributed by atoms with E-state index >= 15 is 0 Å². The van der Waals surface area contributed by atoms with E-state index in [4.69, 9.17) is 9.16 Å². The Kier molecular flexibility index (Phi) is 7.17. The van der Waals surface area contributed by atoms with Crippen LogP contribution < -0.4 is 15.6 Å². The van der Waals surface area contributed by atoms with Gasteiger partial charge in [0.25, 0.3) is 8.32 Å². The minimum Gasteiger partial charge on any atom is -0.462 e. The van der Waals surface area contributed by atoms with Gasteiger partial charge in [-0.15, -0.1) is 0 Å². The van der Waals surface area contributed by atoms with Crippen LogP contribution in [-0.4, -0.2) is 27.5 Å². The first-order chi connectivity index (χ1) is 14.1.